The van der Waals surface area contributed by atoms with Gasteiger partial charge in [-0.15, -0.1) is 0 Å². The summed E-state index contributed by atoms with van der Waals surface area (Å²) in [4.78, 5) is 25.6. The molecule has 21 heavy (non-hydrogen) atoms. The Bertz CT molecular complexity index is 523. The lowest BCUT2D eigenvalue weighted by Crippen LogP contribution is -2.31. The van der Waals surface area contributed by atoms with E-state index in [1.54, 1.807) is 4.90 Å². The van der Waals surface area contributed by atoms with Gasteiger partial charge in [-0.1, -0.05) is 0 Å². The third-order valence-electron chi connectivity index (χ3n) is 3.25. The van der Waals surface area contributed by atoms with E-state index >= 15 is 0 Å². The highest BCUT2D eigenvalue weighted by molar-refractivity contribution is 6.05. The third-order valence-corrected chi connectivity index (χ3v) is 3.25. The van der Waals surface area contributed by atoms with Crippen LogP contribution in [0.15, 0.2) is 6.07 Å². The molecule has 0 unspecified atom stereocenters. The topological polar surface area (TPSA) is 65.1 Å². The molecule has 0 fully saturated rings. The largest absolute Gasteiger partial charge is 0.493 e. The molecule has 6 heteroatoms. The van der Waals surface area contributed by atoms with Crippen LogP contribution in [-0.4, -0.2) is 51.5 Å². The minimum absolute atomic E-state index is 0.189. The van der Waals surface area contributed by atoms with Crippen LogP contribution in [0, 0.1) is 0 Å². The Labute approximate surface area is 124 Å². The molecule has 0 N–H and O–H groups in total. The zero-order chi connectivity index (χ0) is 16.0. The molecule has 0 spiro atoms. The average molecular weight is 295 g/mol. The van der Waals surface area contributed by atoms with Crippen molar-refractivity contribution >= 4 is 12.2 Å². The average Bonchev–Trinajstić information content (AvgIpc) is 2.53. The summed E-state index contributed by atoms with van der Waals surface area (Å²) in [6.07, 6.45) is 0.612. The molecule has 0 aromatic heterocycles. The number of amides is 1. The van der Waals surface area contributed by atoms with Crippen LogP contribution in [0.2, 0.25) is 0 Å². The number of ether oxygens (including phenoxy) is 3. The monoisotopic (exact) mass is 295 g/mol. The molecule has 116 valence electrons. The van der Waals surface area contributed by atoms with E-state index < -0.39 is 0 Å². The number of methoxy groups -OCH3 is 3. The fraction of sp³-hybridized carbons (Fsp3) is 0.467. The van der Waals surface area contributed by atoms with Gasteiger partial charge >= 0.3 is 0 Å². The molecule has 0 radical (unpaired) electrons. The van der Waals surface area contributed by atoms with Crippen molar-refractivity contribution in [2.75, 3.05) is 34.4 Å². The summed E-state index contributed by atoms with van der Waals surface area (Å²) < 4.78 is 15.7. The molecule has 6 nitrogen and oxygen atoms in total. The molecule has 0 atom stereocenters. The van der Waals surface area contributed by atoms with E-state index in [0.29, 0.717) is 30.9 Å². The van der Waals surface area contributed by atoms with E-state index in [4.69, 9.17) is 14.2 Å². The Balaban J connectivity index is 3.62. The van der Waals surface area contributed by atoms with Gasteiger partial charge in [-0.05, 0) is 19.9 Å². The van der Waals surface area contributed by atoms with Crippen molar-refractivity contribution in [3.05, 3.63) is 17.2 Å². The van der Waals surface area contributed by atoms with E-state index in [1.165, 1.54) is 27.4 Å². The molecule has 1 amide bonds. The Morgan fingerprint density at radius 3 is 2.05 bits per heavy atom. The highest BCUT2D eigenvalue weighted by atomic mass is 16.5. The predicted octanol–water partition coefficient (Wildman–Crippen LogP) is 2.01. The van der Waals surface area contributed by atoms with Gasteiger partial charge in [0.05, 0.1) is 26.9 Å². The number of aldehydes is 1. The molecule has 0 saturated heterocycles. The van der Waals surface area contributed by atoms with E-state index in [-0.39, 0.29) is 22.8 Å². The van der Waals surface area contributed by atoms with Crippen molar-refractivity contribution in [1.82, 2.24) is 4.90 Å². The van der Waals surface area contributed by atoms with Crippen LogP contribution in [0.4, 0.5) is 0 Å². The van der Waals surface area contributed by atoms with E-state index in [2.05, 4.69) is 0 Å². The molecule has 1 aromatic rings. The number of hydrogen-bond acceptors (Lipinski definition) is 5. The minimum Gasteiger partial charge on any atom is -0.493 e. The number of hydrogen-bond donors (Lipinski definition) is 0. The van der Waals surface area contributed by atoms with Crippen LogP contribution < -0.4 is 14.2 Å². The first-order valence-electron chi connectivity index (χ1n) is 6.66. The molecule has 0 aliphatic rings. The van der Waals surface area contributed by atoms with Gasteiger partial charge in [0.2, 0.25) is 5.75 Å². The Morgan fingerprint density at radius 2 is 1.67 bits per heavy atom. The number of nitrogens with zero attached hydrogens (tertiary/aromatic N) is 1. The molecule has 0 heterocycles. The standard InChI is InChI=1S/C15H21NO5/c1-6-16(7-2)15(18)12-10(9-17)8-11(19-3)13(20-4)14(12)21-5/h8-9H,6-7H2,1-5H3. The fourth-order valence-corrected chi connectivity index (χ4v) is 2.16. The smallest absolute Gasteiger partial charge is 0.258 e. The maximum atomic E-state index is 12.6. The lowest BCUT2D eigenvalue weighted by atomic mass is 10.0. The summed E-state index contributed by atoms with van der Waals surface area (Å²) in [6, 6.07) is 1.48. The highest BCUT2D eigenvalue weighted by Gasteiger charge is 2.27. The van der Waals surface area contributed by atoms with E-state index in [1.807, 2.05) is 13.8 Å². The lowest BCUT2D eigenvalue weighted by molar-refractivity contribution is 0.0765. The van der Waals surface area contributed by atoms with Gasteiger partial charge < -0.3 is 19.1 Å². The lowest BCUT2D eigenvalue weighted by Gasteiger charge is -2.22. The highest BCUT2D eigenvalue weighted by Crippen LogP contribution is 2.42. The van der Waals surface area contributed by atoms with Crippen LogP contribution >= 0.6 is 0 Å². The summed E-state index contributed by atoms with van der Waals surface area (Å²) in [5.41, 5.74) is 0.398. The molecule has 0 aliphatic heterocycles. The van der Waals surface area contributed by atoms with E-state index in [0.717, 1.165) is 0 Å². The fourth-order valence-electron chi connectivity index (χ4n) is 2.16. The number of carbonyl (C=O) groups is 2. The second kappa shape index (κ2) is 7.52. The van der Waals surface area contributed by atoms with E-state index in [9.17, 15) is 9.59 Å². The van der Waals surface area contributed by atoms with Gasteiger partial charge in [0.15, 0.2) is 17.8 Å². The van der Waals surface area contributed by atoms with Crippen LogP contribution in [-0.2, 0) is 0 Å². The van der Waals surface area contributed by atoms with Crippen molar-refractivity contribution in [2.24, 2.45) is 0 Å². The van der Waals surface area contributed by atoms with Gasteiger partial charge in [-0.3, -0.25) is 9.59 Å². The zero-order valence-corrected chi connectivity index (χ0v) is 13.1. The zero-order valence-electron chi connectivity index (χ0n) is 13.1. The first kappa shape index (κ1) is 16.8. The Kier molecular flexibility index (Phi) is 6.02. The summed E-state index contributed by atoms with van der Waals surface area (Å²) in [5, 5.41) is 0. The summed E-state index contributed by atoms with van der Waals surface area (Å²) in [7, 11) is 4.33. The summed E-state index contributed by atoms with van der Waals surface area (Å²) in [6.45, 7) is 4.81. The normalized spacial score (nSPS) is 9.95. The van der Waals surface area contributed by atoms with Crippen LogP contribution in [0.3, 0.4) is 0 Å². The number of benzene rings is 1. The van der Waals surface area contributed by atoms with Gasteiger partial charge in [0.1, 0.15) is 0 Å². The van der Waals surface area contributed by atoms with Crippen molar-refractivity contribution < 1.29 is 23.8 Å². The SMILES string of the molecule is CCN(CC)C(=O)c1c(C=O)cc(OC)c(OC)c1OC. The van der Waals surface area contributed by atoms with Crippen molar-refractivity contribution in [2.45, 2.75) is 13.8 Å². The van der Waals surface area contributed by atoms with Gasteiger partial charge in [-0.2, -0.15) is 0 Å². The molecular weight excluding hydrogens is 274 g/mol. The van der Waals surface area contributed by atoms with Gasteiger partial charge in [0, 0.05) is 18.7 Å². The Morgan fingerprint density at radius 1 is 1.10 bits per heavy atom. The molecular formula is C15H21NO5. The van der Waals surface area contributed by atoms with Crippen LogP contribution in [0.25, 0.3) is 0 Å². The second-order valence-electron chi connectivity index (χ2n) is 4.20. The number of carbonyl (C=O) groups excluding carboxylic acids is 2. The molecule has 0 saturated carbocycles. The molecule has 0 aliphatic carbocycles. The maximum Gasteiger partial charge on any atom is 0.258 e. The van der Waals surface area contributed by atoms with Crippen molar-refractivity contribution in [3.63, 3.8) is 0 Å². The minimum atomic E-state index is -0.278. The van der Waals surface area contributed by atoms with Crippen LogP contribution in [0.5, 0.6) is 17.2 Å². The van der Waals surface area contributed by atoms with Gasteiger partial charge in [-0.25, -0.2) is 0 Å². The molecule has 1 aromatic carbocycles. The second-order valence-corrected chi connectivity index (χ2v) is 4.20. The molecule has 0 bridgehead atoms. The summed E-state index contributed by atoms with van der Waals surface area (Å²) >= 11 is 0. The number of rotatable bonds is 7. The third kappa shape index (κ3) is 3.09. The summed E-state index contributed by atoms with van der Waals surface area (Å²) in [5.74, 6) is 0.560. The van der Waals surface area contributed by atoms with Crippen molar-refractivity contribution in [1.29, 1.82) is 0 Å². The molecule has 1 rings (SSSR count). The quantitative estimate of drug-likeness (QED) is 0.720. The first-order valence-corrected chi connectivity index (χ1v) is 6.66. The first-order chi connectivity index (χ1) is 10.1. The van der Waals surface area contributed by atoms with Crippen LogP contribution in [0.1, 0.15) is 34.6 Å². The predicted molar refractivity (Wildman–Crippen MR) is 78.7 cm³/mol. The Hall–Kier alpha value is -2.24. The van der Waals surface area contributed by atoms with Crippen molar-refractivity contribution in [3.8, 4) is 17.2 Å². The van der Waals surface area contributed by atoms with Gasteiger partial charge in [0.25, 0.3) is 5.91 Å². The maximum absolute atomic E-state index is 12.6.